The fourth-order valence-electron chi connectivity index (χ4n) is 5.84. The highest BCUT2D eigenvalue weighted by atomic mass is 14.3. The zero-order valence-electron chi connectivity index (χ0n) is 15.0. The average Bonchev–Trinajstić information content (AvgIpc) is 3.15. The molecule has 0 saturated heterocycles. The zero-order chi connectivity index (χ0) is 15.0. The molecule has 0 amide bonds. The lowest BCUT2D eigenvalue weighted by atomic mass is 9.92. The molecule has 4 atom stereocenters. The van der Waals surface area contributed by atoms with Crippen molar-refractivity contribution in [3.05, 3.63) is 0 Å². The Balaban J connectivity index is 1.40. The third-order valence-electron chi connectivity index (χ3n) is 7.25. The van der Waals surface area contributed by atoms with E-state index in [1.54, 1.807) is 64.2 Å². The van der Waals surface area contributed by atoms with Crippen molar-refractivity contribution >= 4 is 0 Å². The van der Waals surface area contributed by atoms with Gasteiger partial charge < -0.3 is 0 Å². The Labute approximate surface area is 139 Å². The molecule has 22 heavy (non-hydrogen) atoms. The molecule has 0 aromatic rings. The van der Waals surface area contributed by atoms with E-state index in [4.69, 9.17) is 0 Å². The molecule has 3 rings (SSSR count). The second kappa shape index (κ2) is 9.33. The topological polar surface area (TPSA) is 0 Å². The quantitative estimate of drug-likeness (QED) is 0.434. The van der Waals surface area contributed by atoms with Gasteiger partial charge in [-0.15, -0.1) is 0 Å². The van der Waals surface area contributed by atoms with Gasteiger partial charge in [-0.2, -0.15) is 0 Å². The van der Waals surface area contributed by atoms with E-state index in [1.807, 2.05) is 0 Å². The van der Waals surface area contributed by atoms with Crippen LogP contribution in [-0.2, 0) is 0 Å². The second-order valence-corrected chi connectivity index (χ2v) is 9.07. The Morgan fingerprint density at radius 2 is 0.545 bits per heavy atom. The Morgan fingerprint density at radius 3 is 0.818 bits per heavy atom. The second-order valence-electron chi connectivity index (χ2n) is 9.07. The van der Waals surface area contributed by atoms with Gasteiger partial charge in [-0.1, -0.05) is 103 Å². The molecule has 4 bridgehead atoms. The Bertz CT molecular complexity index is 236. The van der Waals surface area contributed by atoms with Gasteiger partial charge in [-0.05, 0) is 36.5 Å². The van der Waals surface area contributed by atoms with Crippen molar-refractivity contribution < 1.29 is 0 Å². The van der Waals surface area contributed by atoms with E-state index in [0.29, 0.717) is 0 Å². The van der Waals surface area contributed by atoms with Gasteiger partial charge in [0.1, 0.15) is 0 Å². The normalized spacial score (nSPS) is 39.3. The number of hydrogen-bond donors (Lipinski definition) is 0. The highest BCUT2D eigenvalue weighted by Crippen LogP contribution is 2.39. The Morgan fingerprint density at radius 1 is 0.273 bits per heavy atom. The molecule has 0 radical (unpaired) electrons. The Kier molecular flexibility index (Phi) is 7.15. The van der Waals surface area contributed by atoms with Gasteiger partial charge in [-0.3, -0.25) is 0 Å². The van der Waals surface area contributed by atoms with Crippen LogP contribution in [0.4, 0.5) is 0 Å². The van der Waals surface area contributed by atoms with Crippen molar-refractivity contribution in [1.82, 2.24) is 0 Å². The van der Waals surface area contributed by atoms with Crippen LogP contribution in [0.15, 0.2) is 0 Å². The van der Waals surface area contributed by atoms with Crippen LogP contribution in [0.3, 0.4) is 0 Å². The van der Waals surface area contributed by atoms with Crippen molar-refractivity contribution in [1.29, 1.82) is 0 Å². The van der Waals surface area contributed by atoms with Crippen molar-refractivity contribution in [2.75, 3.05) is 0 Å². The summed E-state index contributed by atoms with van der Waals surface area (Å²) in [7, 11) is 0. The number of fused-ring (bicyclic) bond motifs is 4. The van der Waals surface area contributed by atoms with Crippen LogP contribution < -0.4 is 0 Å². The van der Waals surface area contributed by atoms with Crippen molar-refractivity contribution in [2.24, 2.45) is 23.7 Å². The standard InChI is InChI=1S/C22H40/c1-2-6-10-20-15-16-22(18-20)12-8-4-3-7-11-21-14-13-19(17-21)9-5-1/h19-22H,1-18H2. The summed E-state index contributed by atoms with van der Waals surface area (Å²) in [5, 5.41) is 0. The smallest absolute Gasteiger partial charge is 0.0412 e. The van der Waals surface area contributed by atoms with Crippen molar-refractivity contribution in [3.8, 4) is 0 Å². The van der Waals surface area contributed by atoms with Crippen LogP contribution in [0.5, 0.6) is 0 Å². The molecule has 3 saturated carbocycles. The minimum absolute atomic E-state index is 1.11. The third-order valence-corrected chi connectivity index (χ3v) is 7.25. The minimum atomic E-state index is 1.11. The molecule has 3 aliphatic rings. The molecular weight excluding hydrogens is 264 g/mol. The fraction of sp³-hybridized carbons (Fsp3) is 1.00. The molecule has 0 aliphatic heterocycles. The van der Waals surface area contributed by atoms with Crippen LogP contribution in [0, 0.1) is 23.7 Å². The molecule has 0 nitrogen and oxygen atoms in total. The first-order valence-corrected chi connectivity index (χ1v) is 10.9. The van der Waals surface area contributed by atoms with Gasteiger partial charge >= 0.3 is 0 Å². The first-order valence-electron chi connectivity index (χ1n) is 10.9. The van der Waals surface area contributed by atoms with E-state index >= 15 is 0 Å². The lowest BCUT2D eigenvalue weighted by molar-refractivity contribution is 0.391. The van der Waals surface area contributed by atoms with Crippen LogP contribution >= 0.6 is 0 Å². The maximum absolute atomic E-state index is 1.59. The van der Waals surface area contributed by atoms with Crippen LogP contribution in [0.1, 0.15) is 116 Å². The SMILES string of the molecule is C1CCCC2CCC(CCCCCCC3CCC(CC1)C3)C2. The lowest BCUT2D eigenvalue weighted by Crippen LogP contribution is -1.99. The largest absolute Gasteiger partial charge is 0.0533 e. The monoisotopic (exact) mass is 304 g/mol. The van der Waals surface area contributed by atoms with Gasteiger partial charge in [0, 0.05) is 0 Å². The summed E-state index contributed by atoms with van der Waals surface area (Å²) in [4.78, 5) is 0. The highest BCUT2D eigenvalue weighted by molar-refractivity contribution is 4.77. The predicted molar refractivity (Wildman–Crippen MR) is 97.1 cm³/mol. The van der Waals surface area contributed by atoms with Gasteiger partial charge in [0.2, 0.25) is 0 Å². The summed E-state index contributed by atoms with van der Waals surface area (Å²) in [5.74, 6) is 4.44. The lowest BCUT2D eigenvalue weighted by Gasteiger charge is -2.14. The molecule has 0 aromatic heterocycles. The summed E-state index contributed by atoms with van der Waals surface area (Å²) >= 11 is 0. The molecule has 3 aliphatic carbocycles. The Hall–Kier alpha value is 0. The van der Waals surface area contributed by atoms with E-state index in [1.165, 1.54) is 51.4 Å². The molecule has 3 fully saturated rings. The van der Waals surface area contributed by atoms with Crippen LogP contribution in [0.25, 0.3) is 0 Å². The van der Waals surface area contributed by atoms with E-state index in [0.717, 1.165) is 23.7 Å². The van der Waals surface area contributed by atoms with E-state index in [2.05, 4.69) is 0 Å². The average molecular weight is 305 g/mol. The first kappa shape index (κ1) is 16.8. The molecule has 4 unspecified atom stereocenters. The van der Waals surface area contributed by atoms with E-state index in [9.17, 15) is 0 Å². The molecule has 0 aromatic carbocycles. The molecule has 0 spiro atoms. The summed E-state index contributed by atoms with van der Waals surface area (Å²) in [5.41, 5.74) is 0. The van der Waals surface area contributed by atoms with Gasteiger partial charge in [0.05, 0.1) is 0 Å². The van der Waals surface area contributed by atoms with Crippen molar-refractivity contribution in [3.63, 3.8) is 0 Å². The first-order chi connectivity index (χ1) is 10.9. The highest BCUT2D eigenvalue weighted by Gasteiger charge is 2.25. The molecule has 0 heteroatoms. The van der Waals surface area contributed by atoms with Crippen LogP contribution in [0.2, 0.25) is 0 Å². The fourth-order valence-corrected chi connectivity index (χ4v) is 5.84. The summed E-state index contributed by atoms with van der Waals surface area (Å²) in [6, 6.07) is 0. The molecule has 128 valence electrons. The predicted octanol–water partition coefficient (Wildman–Crippen LogP) is 7.51. The maximum atomic E-state index is 1.59. The molecule has 0 N–H and O–H groups in total. The molecular formula is C22H40. The van der Waals surface area contributed by atoms with Gasteiger partial charge in [-0.25, -0.2) is 0 Å². The van der Waals surface area contributed by atoms with Gasteiger partial charge in [0.25, 0.3) is 0 Å². The number of rotatable bonds is 0. The van der Waals surface area contributed by atoms with Crippen molar-refractivity contribution in [2.45, 2.75) is 116 Å². The van der Waals surface area contributed by atoms with Gasteiger partial charge in [0.15, 0.2) is 0 Å². The minimum Gasteiger partial charge on any atom is -0.0533 e. The third kappa shape index (κ3) is 5.57. The molecule has 0 heterocycles. The van der Waals surface area contributed by atoms with E-state index < -0.39 is 0 Å². The summed E-state index contributed by atoms with van der Waals surface area (Å²) in [6.07, 6.45) is 27.9. The summed E-state index contributed by atoms with van der Waals surface area (Å²) < 4.78 is 0. The van der Waals surface area contributed by atoms with E-state index in [-0.39, 0.29) is 0 Å². The maximum Gasteiger partial charge on any atom is -0.0412 e. The van der Waals surface area contributed by atoms with Crippen LogP contribution in [-0.4, -0.2) is 0 Å². The zero-order valence-corrected chi connectivity index (χ0v) is 15.0. The number of hydrogen-bond acceptors (Lipinski definition) is 0. The summed E-state index contributed by atoms with van der Waals surface area (Å²) in [6.45, 7) is 0.